The van der Waals surface area contributed by atoms with E-state index in [-0.39, 0.29) is 48.0 Å². The number of thioether (sulfide) groups is 2. The molecule has 3 aliphatic heterocycles. The largest absolute Gasteiger partial charge is 0.487 e. The Labute approximate surface area is 531 Å². The van der Waals surface area contributed by atoms with Crippen molar-refractivity contribution in [1.82, 2.24) is 10.4 Å². The van der Waals surface area contributed by atoms with Crippen molar-refractivity contribution in [3.05, 3.63) is 241 Å². The van der Waals surface area contributed by atoms with Gasteiger partial charge in [-0.2, -0.15) is 20.3 Å². The van der Waals surface area contributed by atoms with Crippen LogP contribution in [0.25, 0.3) is 18.2 Å². The van der Waals surface area contributed by atoms with E-state index in [1.807, 2.05) is 121 Å². The average molecular weight is 1240 g/mol. The third kappa shape index (κ3) is 18.3. The van der Waals surface area contributed by atoms with E-state index in [9.17, 15) is 14.4 Å². The summed E-state index contributed by atoms with van der Waals surface area (Å²) in [4.78, 5) is 40.1. The number of halogens is 3. The molecule has 0 saturated carbocycles. The molecule has 0 bridgehead atoms. The van der Waals surface area contributed by atoms with Crippen LogP contribution in [0.5, 0.6) is 5.75 Å². The Kier molecular flexibility index (Phi) is 22.5. The summed E-state index contributed by atoms with van der Waals surface area (Å²) in [6, 6.07) is 56.8. The summed E-state index contributed by atoms with van der Waals surface area (Å²) >= 11 is 21.1. The van der Waals surface area contributed by atoms with E-state index in [0.717, 1.165) is 37.9 Å². The van der Waals surface area contributed by atoms with Crippen molar-refractivity contribution in [2.75, 3.05) is 30.2 Å². The molecule has 86 heavy (non-hydrogen) atoms. The first-order valence-electron chi connectivity index (χ1n) is 27.7. The molecule has 0 saturated heterocycles. The van der Waals surface area contributed by atoms with Crippen molar-refractivity contribution in [1.29, 1.82) is 0 Å². The molecule has 7 aromatic carbocycles. The summed E-state index contributed by atoms with van der Waals surface area (Å²) in [6.07, 6.45) is 5.71. The van der Waals surface area contributed by atoms with Crippen molar-refractivity contribution in [2.24, 2.45) is 15.3 Å². The highest BCUT2D eigenvalue weighted by atomic mass is 35.5. The molecule has 1 N–H and O–H groups in total. The van der Waals surface area contributed by atoms with Gasteiger partial charge in [-0.15, -0.1) is 23.5 Å². The molecule has 0 aromatic heterocycles. The first-order chi connectivity index (χ1) is 40.4. The van der Waals surface area contributed by atoms with Crippen molar-refractivity contribution in [3.8, 4) is 5.75 Å². The van der Waals surface area contributed by atoms with Gasteiger partial charge < -0.3 is 4.74 Å². The van der Waals surface area contributed by atoms with Gasteiger partial charge in [-0.3, -0.25) is 14.4 Å². The van der Waals surface area contributed by atoms with E-state index in [4.69, 9.17) is 39.5 Å². The zero-order valence-corrected chi connectivity index (χ0v) is 53.3. The third-order valence-electron chi connectivity index (χ3n) is 13.7. The van der Waals surface area contributed by atoms with Crippen LogP contribution < -0.4 is 15.2 Å². The Bertz CT molecular complexity index is 3690. The fraction of sp³-hybridized carbons (Fsp3) is 0.239. The highest BCUT2D eigenvalue weighted by molar-refractivity contribution is 8.00. The van der Waals surface area contributed by atoms with Crippen LogP contribution in [0.3, 0.4) is 0 Å². The van der Waals surface area contributed by atoms with Crippen LogP contribution in [-0.4, -0.2) is 65.0 Å². The lowest BCUT2D eigenvalue weighted by Crippen LogP contribution is -2.21. The highest BCUT2D eigenvalue weighted by Crippen LogP contribution is 2.31. The number of benzene rings is 7. The van der Waals surface area contributed by atoms with Crippen molar-refractivity contribution in [3.63, 3.8) is 0 Å². The first-order valence-corrected chi connectivity index (χ1v) is 30.8. The van der Waals surface area contributed by atoms with Crippen LogP contribution in [-0.2, 0) is 30.6 Å². The normalized spacial score (nSPS) is 15.6. The lowest BCUT2D eigenvalue weighted by atomic mass is 9.86. The predicted octanol–water partition coefficient (Wildman–Crippen LogP) is 18.1. The number of amides is 3. The number of likely N-dealkylation sites (N-methyl/N-ethyl adjacent to an activating group) is 1. The molecule has 3 heterocycles. The summed E-state index contributed by atoms with van der Waals surface area (Å²) in [5.74, 6) is 1.51. The predicted molar refractivity (Wildman–Crippen MR) is 365 cm³/mol. The first kappa shape index (κ1) is 66.1. The summed E-state index contributed by atoms with van der Waals surface area (Å²) in [5, 5.41) is 18.1. The van der Waals surface area contributed by atoms with Gasteiger partial charge in [0.25, 0.3) is 17.7 Å². The number of para-hydroxylation sites is 1. The minimum Gasteiger partial charge on any atom is -0.487 e. The number of rotatable bonds is 13. The van der Waals surface area contributed by atoms with Gasteiger partial charge in [-0.1, -0.05) is 196 Å². The third-order valence-corrected chi connectivity index (χ3v) is 16.5. The number of hydrogen-bond acceptors (Lipinski definition) is 9. The Hall–Kier alpha value is -7.45. The van der Waals surface area contributed by atoms with E-state index in [0.29, 0.717) is 60.4 Å². The fourth-order valence-electron chi connectivity index (χ4n) is 8.70. The molecule has 0 radical (unpaired) electrons. The van der Waals surface area contributed by atoms with Crippen LogP contribution in [0.2, 0.25) is 15.1 Å². The number of nitrogens with one attached hydrogen (secondary N) is 1. The molecule has 0 aliphatic carbocycles. The summed E-state index contributed by atoms with van der Waals surface area (Å²) < 4.78 is 5.90. The molecular formula is C71H73Cl3N6O4S2. The molecule has 444 valence electrons. The molecule has 10 rings (SSSR count). The second-order valence-electron chi connectivity index (χ2n) is 23.4. The molecule has 0 spiro atoms. The molecule has 3 amide bonds. The van der Waals surface area contributed by atoms with Crippen LogP contribution in [0.1, 0.15) is 103 Å². The lowest BCUT2D eigenvalue weighted by Gasteiger charge is -2.18. The average Bonchev–Trinajstić information content (AvgIpc) is 4.13. The number of carbonyl (C=O) groups is 3. The van der Waals surface area contributed by atoms with E-state index in [2.05, 4.69) is 132 Å². The quantitative estimate of drug-likeness (QED) is 0.0908. The van der Waals surface area contributed by atoms with Gasteiger partial charge in [0.2, 0.25) is 0 Å². The van der Waals surface area contributed by atoms with Gasteiger partial charge in [0.15, 0.2) is 0 Å². The number of anilines is 1. The van der Waals surface area contributed by atoms with Gasteiger partial charge in [0.05, 0.1) is 33.8 Å². The van der Waals surface area contributed by atoms with Gasteiger partial charge in [-0.05, 0) is 153 Å². The number of ether oxygens (including phenoxy) is 1. The summed E-state index contributed by atoms with van der Waals surface area (Å²) in [6.45, 7) is 19.8. The molecule has 0 fully saturated rings. The molecule has 10 nitrogen and oxygen atoms in total. The molecule has 0 unspecified atom stereocenters. The number of nitrogens with zero attached hydrogens (tertiary/aromatic N) is 5. The molecule has 0 atom stereocenters. The SMILES string of the molecule is C.CC(C)(C)c1ccc(C=C2C(=O)N(c3ccccc3)N=C2COc2ccc(Cl)cc2)cc1.CC(C)(C)c1ccc(C=C2C(=O)NN=C2CSc2ccc(Cl)cc2)cc1.CN1N=C(CSc2ccc(Cl)cc2)C(=Cc2ccc(C(C)(C)C)cc2)C1=O. The van der Waals surface area contributed by atoms with Gasteiger partial charge in [-0.25, -0.2) is 10.4 Å². The Morgan fingerprint density at radius 2 is 0.872 bits per heavy atom. The molecular weight excluding hydrogens is 1170 g/mol. The van der Waals surface area contributed by atoms with Crippen LogP contribution in [0.4, 0.5) is 5.69 Å². The molecule has 7 aromatic rings. The van der Waals surface area contributed by atoms with Crippen LogP contribution >= 0.6 is 58.3 Å². The maximum atomic E-state index is 13.3. The fourth-order valence-corrected chi connectivity index (χ4v) is 10.8. The second kappa shape index (κ2) is 29.3. The van der Waals surface area contributed by atoms with Crippen LogP contribution in [0.15, 0.2) is 218 Å². The minimum absolute atomic E-state index is 0. The molecule has 15 heteroatoms. The van der Waals surface area contributed by atoms with Gasteiger partial charge in [0.1, 0.15) is 18.1 Å². The van der Waals surface area contributed by atoms with Crippen LogP contribution in [0, 0.1) is 0 Å². The van der Waals surface area contributed by atoms with Gasteiger partial charge >= 0.3 is 0 Å². The Balaban J connectivity index is 0.000000185. The maximum absolute atomic E-state index is 13.3. The highest BCUT2D eigenvalue weighted by Gasteiger charge is 2.32. The van der Waals surface area contributed by atoms with Crippen molar-refractivity contribution < 1.29 is 19.1 Å². The smallest absolute Gasteiger partial charge is 0.280 e. The van der Waals surface area contributed by atoms with Gasteiger partial charge in [0, 0.05) is 43.4 Å². The summed E-state index contributed by atoms with van der Waals surface area (Å²) in [7, 11) is 1.69. The lowest BCUT2D eigenvalue weighted by molar-refractivity contribution is -0.124. The van der Waals surface area contributed by atoms with E-state index < -0.39 is 0 Å². The minimum atomic E-state index is -0.175. The van der Waals surface area contributed by atoms with Crippen molar-refractivity contribution >= 4 is 117 Å². The Morgan fingerprint density at radius 3 is 1.30 bits per heavy atom. The zero-order chi connectivity index (χ0) is 61.1. The summed E-state index contributed by atoms with van der Waals surface area (Å²) in [5.41, 5.74) is 14.2. The number of hydrogen-bond donors (Lipinski definition) is 1. The molecule has 3 aliphatic rings. The van der Waals surface area contributed by atoms with E-state index in [1.54, 1.807) is 54.8 Å². The van der Waals surface area contributed by atoms with E-state index in [1.165, 1.54) is 26.7 Å². The standard InChI is InChI=1S/C27H25ClN2O2.C22H23ClN2OS.C21H21ClN2OS.CH4/c1-27(2,3)20-11-9-19(10-12-20)17-24-25(18-32-23-15-13-21(28)14-16-23)29-30(26(24)31)22-7-5-4-6-8-22;1-22(2,3)16-7-5-15(6-8-16)13-19-20(24-25(4)21(19)26)14-27-18-11-9-17(23)10-12-18;1-21(2,3)15-6-4-14(5-7-15)12-18-19(23-24-20(18)25)13-26-17-10-8-16(22)9-11-17;/h4-17H,18H2,1-3H3;5-13H,14H2,1-4H3;4-12H,13H2,1-3H3,(H,24,25);1H4. The second-order valence-corrected chi connectivity index (χ2v) is 26.8. The maximum Gasteiger partial charge on any atom is 0.280 e. The number of hydrazone groups is 3. The van der Waals surface area contributed by atoms with Crippen molar-refractivity contribution in [2.45, 2.75) is 95.8 Å². The number of carbonyl (C=O) groups excluding carboxylic acids is 3. The Morgan fingerprint density at radius 1 is 0.477 bits per heavy atom. The topological polar surface area (TPSA) is 116 Å². The van der Waals surface area contributed by atoms with E-state index >= 15 is 0 Å². The zero-order valence-electron chi connectivity index (χ0n) is 49.4. The monoisotopic (exact) mass is 1240 g/mol.